The molecule has 1 spiro atoms. The predicted octanol–water partition coefficient (Wildman–Crippen LogP) is 2.94. The molecule has 4 aliphatic rings. The van der Waals surface area contributed by atoms with E-state index in [2.05, 4.69) is 43.2 Å². The van der Waals surface area contributed by atoms with Crippen molar-refractivity contribution in [2.75, 3.05) is 26.8 Å². The molecule has 0 amide bonds. The molecule has 0 N–H and O–H groups in total. The van der Waals surface area contributed by atoms with Gasteiger partial charge in [0.2, 0.25) is 0 Å². The molecule has 2 heterocycles. The van der Waals surface area contributed by atoms with Gasteiger partial charge in [-0.1, -0.05) is 18.2 Å². The fourth-order valence-electron chi connectivity index (χ4n) is 5.81. The summed E-state index contributed by atoms with van der Waals surface area (Å²) in [6, 6.07) is 4.92. The van der Waals surface area contributed by atoms with Crippen molar-refractivity contribution in [1.82, 2.24) is 4.90 Å². The highest BCUT2D eigenvalue weighted by Gasteiger charge is 2.64. The number of nitrogens with zero attached hydrogens (tertiary/aromatic N) is 1. The van der Waals surface area contributed by atoms with Crippen molar-refractivity contribution >= 4 is 0 Å². The van der Waals surface area contributed by atoms with E-state index in [-0.39, 0.29) is 17.6 Å². The molecular weight excluding hydrogens is 314 g/mol. The third-order valence-corrected chi connectivity index (χ3v) is 6.77. The molecule has 0 radical (unpaired) electrons. The van der Waals surface area contributed by atoms with Crippen LogP contribution in [-0.4, -0.2) is 50.0 Å². The summed E-state index contributed by atoms with van der Waals surface area (Å²) in [4.78, 5) is 2.54. The summed E-state index contributed by atoms with van der Waals surface area (Å²) in [5, 5.41) is 0. The summed E-state index contributed by atoms with van der Waals surface area (Å²) in [5.74, 6) is 2.39. The monoisotopic (exact) mass is 341 g/mol. The standard InChI is InChI=1S/C21H27NO3/c1-4-23-16-8-6-13-12-15-14-7-9-17(24-5-2)20-21(14,10-11-22(15)3)18(13)19(16)25-20/h6-9,14-15,17,20H,4-5,10-12H2,1-3H3/t14-,15+,17+,20+,21-/m0/s1. The highest BCUT2D eigenvalue weighted by Crippen LogP contribution is 2.62. The minimum Gasteiger partial charge on any atom is -0.490 e. The minimum atomic E-state index is 0.0260. The third-order valence-electron chi connectivity index (χ3n) is 6.77. The number of likely N-dealkylation sites (tertiary alicyclic amines) is 1. The molecule has 0 aromatic heterocycles. The molecule has 0 unspecified atom stereocenters. The van der Waals surface area contributed by atoms with Gasteiger partial charge in [0.15, 0.2) is 11.5 Å². The fraction of sp³-hybridized carbons (Fsp3) is 0.619. The Morgan fingerprint density at radius 1 is 1.24 bits per heavy atom. The van der Waals surface area contributed by atoms with E-state index in [1.165, 1.54) is 11.1 Å². The van der Waals surface area contributed by atoms with Gasteiger partial charge in [0.05, 0.1) is 6.61 Å². The van der Waals surface area contributed by atoms with Crippen LogP contribution in [0.4, 0.5) is 0 Å². The van der Waals surface area contributed by atoms with Crippen molar-refractivity contribution in [3.63, 3.8) is 0 Å². The van der Waals surface area contributed by atoms with E-state index in [0.717, 1.165) is 30.9 Å². The molecule has 1 aromatic rings. The zero-order valence-electron chi connectivity index (χ0n) is 15.3. The Labute approximate surface area is 149 Å². The average molecular weight is 341 g/mol. The lowest BCUT2D eigenvalue weighted by Crippen LogP contribution is -2.65. The van der Waals surface area contributed by atoms with Crippen molar-refractivity contribution in [3.05, 3.63) is 35.4 Å². The first-order valence-electron chi connectivity index (χ1n) is 9.66. The first-order chi connectivity index (χ1) is 12.2. The molecule has 2 bridgehead atoms. The Hall–Kier alpha value is -1.52. The second-order valence-corrected chi connectivity index (χ2v) is 7.77. The van der Waals surface area contributed by atoms with Crippen molar-refractivity contribution in [2.45, 2.75) is 50.4 Å². The van der Waals surface area contributed by atoms with Crippen LogP contribution in [0.2, 0.25) is 0 Å². The third kappa shape index (κ3) is 1.90. The van der Waals surface area contributed by atoms with Gasteiger partial charge in [-0.2, -0.15) is 0 Å². The molecule has 25 heavy (non-hydrogen) atoms. The first-order valence-corrected chi connectivity index (χ1v) is 9.66. The van der Waals surface area contributed by atoms with Crippen LogP contribution in [0.15, 0.2) is 24.3 Å². The molecule has 4 nitrogen and oxygen atoms in total. The van der Waals surface area contributed by atoms with Gasteiger partial charge in [0.25, 0.3) is 0 Å². The molecule has 134 valence electrons. The van der Waals surface area contributed by atoms with E-state index in [1.54, 1.807) is 0 Å². The van der Waals surface area contributed by atoms with Crippen LogP contribution in [0.1, 0.15) is 31.4 Å². The van der Waals surface area contributed by atoms with Crippen molar-refractivity contribution in [1.29, 1.82) is 0 Å². The number of likely N-dealkylation sites (N-methyl/N-ethyl adjacent to an activating group) is 1. The van der Waals surface area contributed by atoms with Crippen LogP contribution in [0, 0.1) is 5.92 Å². The highest BCUT2D eigenvalue weighted by atomic mass is 16.6. The highest BCUT2D eigenvalue weighted by molar-refractivity contribution is 5.62. The quantitative estimate of drug-likeness (QED) is 0.788. The van der Waals surface area contributed by atoms with Gasteiger partial charge in [-0.25, -0.2) is 0 Å². The normalized spacial score (nSPS) is 37.6. The van der Waals surface area contributed by atoms with Gasteiger partial charge in [-0.05, 0) is 51.9 Å². The molecule has 1 saturated heterocycles. The average Bonchev–Trinajstić information content (AvgIpc) is 2.96. The van der Waals surface area contributed by atoms with E-state index in [1.807, 2.05) is 6.92 Å². The summed E-state index contributed by atoms with van der Waals surface area (Å²) in [6.07, 6.45) is 6.98. The number of hydrogen-bond acceptors (Lipinski definition) is 4. The van der Waals surface area contributed by atoms with Crippen LogP contribution in [0.5, 0.6) is 11.5 Å². The topological polar surface area (TPSA) is 30.9 Å². The number of piperidine rings is 1. The zero-order valence-corrected chi connectivity index (χ0v) is 15.3. The first kappa shape index (κ1) is 15.7. The van der Waals surface area contributed by atoms with E-state index >= 15 is 0 Å². The van der Waals surface area contributed by atoms with Crippen LogP contribution < -0.4 is 9.47 Å². The molecule has 1 fully saturated rings. The largest absolute Gasteiger partial charge is 0.490 e. The summed E-state index contributed by atoms with van der Waals surface area (Å²) in [5.41, 5.74) is 2.91. The van der Waals surface area contributed by atoms with Crippen molar-refractivity contribution in [3.8, 4) is 11.5 Å². The summed E-state index contributed by atoms with van der Waals surface area (Å²) >= 11 is 0. The Morgan fingerprint density at radius 2 is 2.12 bits per heavy atom. The Morgan fingerprint density at radius 3 is 2.92 bits per heavy atom. The predicted molar refractivity (Wildman–Crippen MR) is 96.5 cm³/mol. The maximum absolute atomic E-state index is 6.64. The van der Waals surface area contributed by atoms with E-state index in [0.29, 0.717) is 25.2 Å². The molecule has 1 aromatic carbocycles. The molecule has 5 atom stereocenters. The SMILES string of the molecule is CCOc1ccc2c3c1O[C@@H]1[C@H](OCC)C=C[C@H]4[C@@H](C2)N(C)CC[C@]314. The van der Waals surface area contributed by atoms with Gasteiger partial charge < -0.3 is 19.1 Å². The fourth-order valence-corrected chi connectivity index (χ4v) is 5.81. The summed E-state index contributed by atoms with van der Waals surface area (Å²) in [7, 11) is 2.27. The molecule has 0 saturated carbocycles. The van der Waals surface area contributed by atoms with E-state index in [9.17, 15) is 0 Å². The molecule has 2 aliphatic carbocycles. The van der Waals surface area contributed by atoms with Gasteiger partial charge in [-0.3, -0.25) is 0 Å². The Balaban J connectivity index is 1.73. The smallest absolute Gasteiger partial charge is 0.165 e. The Kier molecular flexibility index (Phi) is 3.45. The van der Waals surface area contributed by atoms with Crippen molar-refractivity contribution in [2.24, 2.45) is 5.92 Å². The number of hydrogen-bond donors (Lipinski definition) is 0. The lowest BCUT2D eigenvalue weighted by molar-refractivity contribution is -0.0682. The molecule has 2 aliphatic heterocycles. The summed E-state index contributed by atoms with van der Waals surface area (Å²) < 4.78 is 18.7. The Bertz CT molecular complexity index is 730. The minimum absolute atomic E-state index is 0.0260. The molecular formula is C21H27NO3. The van der Waals surface area contributed by atoms with Crippen LogP contribution in [0.25, 0.3) is 0 Å². The van der Waals surface area contributed by atoms with Gasteiger partial charge in [0, 0.05) is 29.5 Å². The number of rotatable bonds is 4. The van der Waals surface area contributed by atoms with Crippen LogP contribution >= 0.6 is 0 Å². The van der Waals surface area contributed by atoms with Crippen LogP contribution in [-0.2, 0) is 16.6 Å². The van der Waals surface area contributed by atoms with Gasteiger partial charge >= 0.3 is 0 Å². The number of benzene rings is 1. The van der Waals surface area contributed by atoms with Gasteiger partial charge in [0.1, 0.15) is 12.2 Å². The molecule has 5 rings (SSSR count). The maximum atomic E-state index is 6.64. The lowest BCUT2D eigenvalue weighted by Gasteiger charge is -2.56. The molecule has 4 heteroatoms. The van der Waals surface area contributed by atoms with Crippen molar-refractivity contribution < 1.29 is 14.2 Å². The van der Waals surface area contributed by atoms with Gasteiger partial charge in [-0.15, -0.1) is 0 Å². The second-order valence-electron chi connectivity index (χ2n) is 7.77. The van der Waals surface area contributed by atoms with E-state index in [4.69, 9.17) is 14.2 Å². The maximum Gasteiger partial charge on any atom is 0.165 e. The van der Waals surface area contributed by atoms with E-state index < -0.39 is 0 Å². The number of ether oxygens (including phenoxy) is 3. The van der Waals surface area contributed by atoms with Crippen LogP contribution in [0.3, 0.4) is 0 Å². The second kappa shape index (κ2) is 5.49. The zero-order chi connectivity index (χ0) is 17.2. The lowest BCUT2D eigenvalue weighted by atomic mass is 9.53. The summed E-state index contributed by atoms with van der Waals surface area (Å²) in [6.45, 7) is 6.58.